The van der Waals surface area contributed by atoms with Gasteiger partial charge in [-0.15, -0.1) is 0 Å². The lowest BCUT2D eigenvalue weighted by molar-refractivity contribution is 0.476. The number of phenols is 1. The Bertz CT molecular complexity index is 685. The summed E-state index contributed by atoms with van der Waals surface area (Å²) >= 11 is 0. The van der Waals surface area contributed by atoms with Crippen molar-refractivity contribution in [3.8, 4) is 17.3 Å². The molecule has 18 heavy (non-hydrogen) atoms. The highest BCUT2D eigenvalue weighted by molar-refractivity contribution is 5.79. The molecule has 0 aliphatic heterocycles. The minimum absolute atomic E-state index is 0.214. The number of hydrogen-bond donors (Lipinski definition) is 3. The zero-order valence-electron chi connectivity index (χ0n) is 9.67. The van der Waals surface area contributed by atoms with Crippen LogP contribution in [0.3, 0.4) is 0 Å². The fourth-order valence-electron chi connectivity index (χ4n) is 1.87. The highest BCUT2D eigenvalue weighted by Crippen LogP contribution is 2.21. The van der Waals surface area contributed by atoms with Crippen molar-refractivity contribution in [2.45, 2.75) is 6.54 Å². The van der Waals surface area contributed by atoms with Crippen LogP contribution in [0.25, 0.3) is 22.6 Å². The molecule has 2 aromatic heterocycles. The normalized spacial score (nSPS) is 11.2. The van der Waals surface area contributed by atoms with Crippen LogP contribution in [0.15, 0.2) is 30.7 Å². The second-order valence-electron chi connectivity index (χ2n) is 4.07. The highest BCUT2D eigenvalue weighted by atomic mass is 16.3. The molecule has 2 heterocycles. The van der Waals surface area contributed by atoms with E-state index in [2.05, 4.69) is 15.0 Å². The molecular weight excluding hydrogens is 230 g/mol. The van der Waals surface area contributed by atoms with Crippen LogP contribution in [0.4, 0.5) is 0 Å². The molecule has 0 saturated carbocycles. The summed E-state index contributed by atoms with van der Waals surface area (Å²) in [4.78, 5) is 11.8. The maximum absolute atomic E-state index is 9.40. The van der Waals surface area contributed by atoms with Gasteiger partial charge in [-0.3, -0.25) is 0 Å². The van der Waals surface area contributed by atoms with Crippen molar-refractivity contribution >= 4 is 11.0 Å². The predicted octanol–water partition coefficient (Wildman–Crippen LogP) is 1.09. The molecular formula is C12H13N5O. The van der Waals surface area contributed by atoms with Gasteiger partial charge in [0.15, 0.2) is 5.82 Å². The standard InChI is InChI=1S/C12H13N5O/c13-3-4-17-6-11(14-7-17)12-15-9-2-1-8(18)5-10(9)16-12/h1-2,5-7,18H,3-4,13H2,(H,15,16). The molecule has 92 valence electrons. The van der Waals surface area contributed by atoms with Gasteiger partial charge in [0.25, 0.3) is 0 Å². The summed E-state index contributed by atoms with van der Waals surface area (Å²) in [7, 11) is 0. The van der Waals surface area contributed by atoms with Crippen LogP contribution in [-0.4, -0.2) is 31.2 Å². The van der Waals surface area contributed by atoms with E-state index in [1.54, 1.807) is 24.5 Å². The van der Waals surface area contributed by atoms with Gasteiger partial charge < -0.3 is 20.4 Å². The van der Waals surface area contributed by atoms with Crippen LogP contribution in [0.1, 0.15) is 0 Å². The van der Waals surface area contributed by atoms with E-state index in [1.807, 2.05) is 10.8 Å². The molecule has 0 aliphatic rings. The smallest absolute Gasteiger partial charge is 0.158 e. The Morgan fingerprint density at radius 2 is 2.28 bits per heavy atom. The van der Waals surface area contributed by atoms with Crippen LogP contribution >= 0.6 is 0 Å². The van der Waals surface area contributed by atoms with Gasteiger partial charge >= 0.3 is 0 Å². The van der Waals surface area contributed by atoms with Crippen molar-refractivity contribution in [1.82, 2.24) is 19.5 Å². The van der Waals surface area contributed by atoms with Crippen LogP contribution in [0.2, 0.25) is 0 Å². The average Bonchev–Trinajstić information content (AvgIpc) is 2.94. The largest absolute Gasteiger partial charge is 0.508 e. The number of rotatable bonds is 3. The van der Waals surface area contributed by atoms with Crippen molar-refractivity contribution < 1.29 is 5.11 Å². The van der Waals surface area contributed by atoms with Gasteiger partial charge in [-0.25, -0.2) is 9.97 Å². The van der Waals surface area contributed by atoms with Crippen molar-refractivity contribution in [3.63, 3.8) is 0 Å². The first-order chi connectivity index (χ1) is 8.76. The molecule has 0 saturated heterocycles. The Labute approximate surface area is 103 Å². The van der Waals surface area contributed by atoms with E-state index >= 15 is 0 Å². The summed E-state index contributed by atoms with van der Waals surface area (Å²) < 4.78 is 1.92. The molecule has 1 aromatic carbocycles. The van der Waals surface area contributed by atoms with Gasteiger partial charge in [0.05, 0.1) is 17.4 Å². The van der Waals surface area contributed by atoms with Crippen molar-refractivity contribution in [2.75, 3.05) is 6.54 Å². The molecule has 0 radical (unpaired) electrons. The van der Waals surface area contributed by atoms with Crippen LogP contribution in [0.5, 0.6) is 5.75 Å². The van der Waals surface area contributed by atoms with Gasteiger partial charge in [0, 0.05) is 25.4 Å². The van der Waals surface area contributed by atoms with E-state index in [1.165, 1.54) is 0 Å². The number of nitrogens with two attached hydrogens (primary N) is 1. The third kappa shape index (κ3) is 1.82. The minimum atomic E-state index is 0.214. The van der Waals surface area contributed by atoms with Gasteiger partial charge in [-0.05, 0) is 12.1 Å². The molecule has 6 nitrogen and oxygen atoms in total. The maximum atomic E-state index is 9.40. The molecule has 6 heteroatoms. The molecule has 0 spiro atoms. The van der Waals surface area contributed by atoms with Crippen molar-refractivity contribution in [1.29, 1.82) is 0 Å². The average molecular weight is 243 g/mol. The number of fused-ring (bicyclic) bond motifs is 1. The maximum Gasteiger partial charge on any atom is 0.158 e. The second-order valence-corrected chi connectivity index (χ2v) is 4.07. The lowest BCUT2D eigenvalue weighted by Gasteiger charge is -1.94. The first kappa shape index (κ1) is 10.8. The fraction of sp³-hybridized carbons (Fsp3) is 0.167. The first-order valence-corrected chi connectivity index (χ1v) is 5.67. The van der Waals surface area contributed by atoms with E-state index in [0.29, 0.717) is 12.4 Å². The van der Waals surface area contributed by atoms with Crippen LogP contribution in [-0.2, 0) is 6.54 Å². The third-order valence-electron chi connectivity index (χ3n) is 2.73. The summed E-state index contributed by atoms with van der Waals surface area (Å²) in [6, 6.07) is 5.02. The molecule has 0 unspecified atom stereocenters. The zero-order valence-corrected chi connectivity index (χ0v) is 9.67. The molecule has 3 aromatic rings. The molecule has 3 rings (SSSR count). The summed E-state index contributed by atoms with van der Waals surface area (Å²) in [6.45, 7) is 1.30. The van der Waals surface area contributed by atoms with E-state index in [9.17, 15) is 5.11 Å². The number of imidazole rings is 2. The number of aromatic hydroxyl groups is 1. The number of benzene rings is 1. The Kier molecular flexibility index (Phi) is 2.49. The second kappa shape index (κ2) is 4.15. The lowest BCUT2D eigenvalue weighted by atomic mass is 10.3. The highest BCUT2D eigenvalue weighted by Gasteiger charge is 2.08. The lowest BCUT2D eigenvalue weighted by Crippen LogP contribution is -2.07. The van der Waals surface area contributed by atoms with Gasteiger partial charge in [-0.1, -0.05) is 0 Å². The van der Waals surface area contributed by atoms with E-state index in [-0.39, 0.29) is 5.75 Å². The first-order valence-electron chi connectivity index (χ1n) is 5.67. The Balaban J connectivity index is 2.02. The molecule has 0 atom stereocenters. The zero-order chi connectivity index (χ0) is 12.5. The number of nitrogens with zero attached hydrogens (tertiary/aromatic N) is 3. The fourth-order valence-corrected chi connectivity index (χ4v) is 1.87. The number of aromatic amines is 1. The number of phenolic OH excluding ortho intramolecular Hbond substituents is 1. The monoisotopic (exact) mass is 243 g/mol. The molecule has 0 bridgehead atoms. The van der Waals surface area contributed by atoms with Crippen LogP contribution < -0.4 is 5.73 Å². The number of nitrogens with one attached hydrogen (secondary N) is 1. The summed E-state index contributed by atoms with van der Waals surface area (Å²) in [5.74, 6) is 0.901. The molecule has 0 fully saturated rings. The topological polar surface area (TPSA) is 92.8 Å². The Morgan fingerprint density at radius 3 is 3.11 bits per heavy atom. The van der Waals surface area contributed by atoms with Crippen molar-refractivity contribution in [2.24, 2.45) is 5.73 Å². The molecule has 0 aliphatic carbocycles. The quantitative estimate of drug-likeness (QED) is 0.642. The van der Waals surface area contributed by atoms with Crippen molar-refractivity contribution in [3.05, 3.63) is 30.7 Å². The van der Waals surface area contributed by atoms with E-state index in [0.717, 1.165) is 23.3 Å². The predicted molar refractivity (Wildman–Crippen MR) is 68.0 cm³/mol. The molecule has 0 amide bonds. The summed E-state index contributed by atoms with van der Waals surface area (Å²) in [5.41, 5.74) is 7.84. The van der Waals surface area contributed by atoms with E-state index in [4.69, 9.17) is 5.73 Å². The third-order valence-corrected chi connectivity index (χ3v) is 2.73. The summed E-state index contributed by atoms with van der Waals surface area (Å²) in [5, 5.41) is 9.40. The van der Waals surface area contributed by atoms with Gasteiger partial charge in [-0.2, -0.15) is 0 Å². The number of hydrogen-bond acceptors (Lipinski definition) is 4. The number of H-pyrrole nitrogens is 1. The van der Waals surface area contributed by atoms with Crippen LogP contribution in [0, 0.1) is 0 Å². The van der Waals surface area contributed by atoms with Gasteiger partial charge in [0.1, 0.15) is 11.4 Å². The minimum Gasteiger partial charge on any atom is -0.508 e. The Morgan fingerprint density at radius 1 is 1.39 bits per heavy atom. The Hall–Kier alpha value is -2.34. The number of aromatic nitrogens is 4. The van der Waals surface area contributed by atoms with Gasteiger partial charge in [0.2, 0.25) is 0 Å². The van der Waals surface area contributed by atoms with E-state index < -0.39 is 0 Å². The SMILES string of the molecule is NCCn1cnc(-c2nc3ccc(O)cc3[nH]2)c1. The summed E-state index contributed by atoms with van der Waals surface area (Å²) in [6.07, 6.45) is 3.62. The molecule has 4 N–H and O–H groups in total.